The normalized spacial score (nSPS) is 34.2. The zero-order chi connectivity index (χ0) is 13.5. The lowest BCUT2D eigenvalue weighted by Crippen LogP contribution is -2.41. The second kappa shape index (κ2) is 4.56. The van der Waals surface area contributed by atoms with E-state index in [0.29, 0.717) is 5.92 Å². The maximum absolute atomic E-state index is 12.4. The van der Waals surface area contributed by atoms with Gasteiger partial charge in [0.25, 0.3) is 0 Å². The number of nitrogens with zero attached hydrogens (tertiary/aromatic N) is 1. The molecule has 0 spiro atoms. The van der Waals surface area contributed by atoms with Crippen molar-refractivity contribution >= 4 is 11.9 Å². The highest BCUT2D eigenvalue weighted by molar-refractivity contribution is 5.91. The van der Waals surface area contributed by atoms with E-state index in [1.54, 1.807) is 0 Å². The maximum atomic E-state index is 12.4. The summed E-state index contributed by atoms with van der Waals surface area (Å²) in [5, 5.41) is 9.13. The minimum Gasteiger partial charge on any atom is -0.481 e. The predicted molar refractivity (Wildman–Crippen MR) is 68.0 cm³/mol. The average molecular weight is 253 g/mol. The number of likely N-dealkylation sites (tertiary alicyclic amines) is 1. The second-order valence-corrected chi connectivity index (χ2v) is 6.32. The molecular formula is C14H23NO3. The van der Waals surface area contributed by atoms with Gasteiger partial charge in [0.15, 0.2) is 0 Å². The third kappa shape index (κ3) is 2.13. The average Bonchev–Trinajstić information content (AvgIpc) is 2.91. The standard InChI is InChI=1S/C14H23NO3/c1-4-9-6-5-7-15(8-9)12(16)10-11(13(17)18)14(10,2)3/h9-11H,4-8H2,1-3H3,(H,17,18)/t9?,10-,11+/m0/s1. The van der Waals surface area contributed by atoms with Gasteiger partial charge in [-0.2, -0.15) is 0 Å². The molecule has 102 valence electrons. The fraction of sp³-hybridized carbons (Fsp3) is 0.857. The highest BCUT2D eigenvalue weighted by Crippen LogP contribution is 2.59. The Kier molecular flexibility index (Phi) is 3.39. The summed E-state index contributed by atoms with van der Waals surface area (Å²) in [7, 11) is 0. The molecule has 0 bridgehead atoms. The first-order chi connectivity index (χ1) is 8.39. The second-order valence-electron chi connectivity index (χ2n) is 6.32. The van der Waals surface area contributed by atoms with Gasteiger partial charge in [0.2, 0.25) is 5.91 Å². The minimum absolute atomic E-state index is 0.0607. The molecule has 0 aromatic rings. The van der Waals surface area contributed by atoms with E-state index >= 15 is 0 Å². The Balaban J connectivity index is 2.02. The summed E-state index contributed by atoms with van der Waals surface area (Å²) in [4.78, 5) is 25.4. The van der Waals surface area contributed by atoms with E-state index in [9.17, 15) is 9.59 Å². The lowest BCUT2D eigenvalue weighted by atomic mass is 9.95. The van der Waals surface area contributed by atoms with Crippen molar-refractivity contribution in [2.24, 2.45) is 23.2 Å². The summed E-state index contributed by atoms with van der Waals surface area (Å²) in [5.74, 6) is -0.988. The lowest BCUT2D eigenvalue weighted by Gasteiger charge is -2.32. The van der Waals surface area contributed by atoms with Crippen molar-refractivity contribution in [1.29, 1.82) is 0 Å². The van der Waals surface area contributed by atoms with E-state index in [0.717, 1.165) is 25.9 Å². The van der Waals surface area contributed by atoms with Crippen molar-refractivity contribution in [3.63, 3.8) is 0 Å². The van der Waals surface area contributed by atoms with E-state index < -0.39 is 11.9 Å². The van der Waals surface area contributed by atoms with Gasteiger partial charge in [-0.1, -0.05) is 27.2 Å². The number of hydrogen-bond acceptors (Lipinski definition) is 2. The van der Waals surface area contributed by atoms with Gasteiger partial charge in [-0.05, 0) is 24.2 Å². The van der Waals surface area contributed by atoms with Gasteiger partial charge >= 0.3 is 5.97 Å². The van der Waals surface area contributed by atoms with Crippen LogP contribution in [0.2, 0.25) is 0 Å². The van der Waals surface area contributed by atoms with Crippen molar-refractivity contribution in [3.05, 3.63) is 0 Å². The van der Waals surface area contributed by atoms with Crippen LogP contribution in [-0.4, -0.2) is 35.0 Å². The number of carboxylic acids is 1. The first-order valence-corrected chi connectivity index (χ1v) is 6.91. The number of hydrogen-bond donors (Lipinski definition) is 1. The Morgan fingerprint density at radius 2 is 2.00 bits per heavy atom. The molecule has 0 aromatic carbocycles. The maximum Gasteiger partial charge on any atom is 0.307 e. The summed E-state index contributed by atoms with van der Waals surface area (Å²) >= 11 is 0. The smallest absolute Gasteiger partial charge is 0.307 e. The van der Waals surface area contributed by atoms with Crippen molar-refractivity contribution in [1.82, 2.24) is 4.90 Å². The third-order valence-corrected chi connectivity index (χ3v) is 4.77. The van der Waals surface area contributed by atoms with Crippen LogP contribution in [0.25, 0.3) is 0 Å². The van der Waals surface area contributed by atoms with Crippen molar-refractivity contribution in [2.45, 2.75) is 40.0 Å². The molecule has 1 heterocycles. The monoisotopic (exact) mass is 253 g/mol. The van der Waals surface area contributed by atoms with Crippen LogP contribution >= 0.6 is 0 Å². The molecule has 4 nitrogen and oxygen atoms in total. The predicted octanol–water partition coefficient (Wildman–Crippen LogP) is 1.99. The molecule has 1 saturated heterocycles. The van der Waals surface area contributed by atoms with Crippen LogP contribution in [-0.2, 0) is 9.59 Å². The Labute approximate surface area is 108 Å². The van der Waals surface area contributed by atoms with Crippen LogP contribution in [0.15, 0.2) is 0 Å². The summed E-state index contributed by atoms with van der Waals surface area (Å²) in [5.41, 5.74) is -0.373. The fourth-order valence-electron chi connectivity index (χ4n) is 3.35. The zero-order valence-electron chi connectivity index (χ0n) is 11.5. The molecule has 1 aliphatic heterocycles. The molecule has 1 unspecified atom stereocenters. The highest BCUT2D eigenvalue weighted by atomic mass is 16.4. The van der Waals surface area contributed by atoms with Crippen molar-refractivity contribution < 1.29 is 14.7 Å². The van der Waals surface area contributed by atoms with Gasteiger partial charge in [0, 0.05) is 13.1 Å². The third-order valence-electron chi connectivity index (χ3n) is 4.77. The summed E-state index contributed by atoms with van der Waals surface area (Å²) < 4.78 is 0. The first-order valence-electron chi connectivity index (χ1n) is 6.91. The van der Waals surface area contributed by atoms with Crippen LogP contribution in [0.3, 0.4) is 0 Å². The number of carboxylic acid groups (broad SMARTS) is 1. The number of aliphatic carboxylic acids is 1. The summed E-state index contributed by atoms with van der Waals surface area (Å²) in [6.45, 7) is 7.54. The molecule has 4 heteroatoms. The van der Waals surface area contributed by atoms with Gasteiger partial charge in [0.1, 0.15) is 0 Å². The van der Waals surface area contributed by atoms with Gasteiger partial charge in [-0.15, -0.1) is 0 Å². The van der Waals surface area contributed by atoms with Crippen LogP contribution < -0.4 is 0 Å². The number of carbonyl (C=O) groups excluding carboxylic acids is 1. The first kappa shape index (κ1) is 13.4. The van der Waals surface area contributed by atoms with Gasteiger partial charge in [0.05, 0.1) is 11.8 Å². The van der Waals surface area contributed by atoms with E-state index in [2.05, 4.69) is 6.92 Å². The number of piperidine rings is 1. The molecule has 1 amide bonds. The largest absolute Gasteiger partial charge is 0.481 e. The van der Waals surface area contributed by atoms with Crippen LogP contribution in [0.5, 0.6) is 0 Å². The molecule has 0 aromatic heterocycles. The molecular weight excluding hydrogens is 230 g/mol. The Hall–Kier alpha value is -1.06. The molecule has 3 atom stereocenters. The molecule has 18 heavy (non-hydrogen) atoms. The van der Waals surface area contributed by atoms with Crippen LogP contribution in [0.1, 0.15) is 40.0 Å². The van der Waals surface area contributed by atoms with E-state index in [-0.39, 0.29) is 17.2 Å². The number of amides is 1. The molecule has 2 fully saturated rings. The molecule has 1 aliphatic carbocycles. The molecule has 2 rings (SSSR count). The fourth-order valence-corrected chi connectivity index (χ4v) is 3.35. The van der Waals surface area contributed by atoms with Gasteiger partial charge in [-0.3, -0.25) is 9.59 Å². The van der Waals surface area contributed by atoms with E-state index in [1.807, 2.05) is 18.7 Å². The van der Waals surface area contributed by atoms with Crippen molar-refractivity contribution in [2.75, 3.05) is 13.1 Å². The molecule has 0 radical (unpaired) electrons. The Morgan fingerprint density at radius 1 is 1.33 bits per heavy atom. The van der Waals surface area contributed by atoms with Crippen LogP contribution in [0, 0.1) is 23.2 Å². The van der Waals surface area contributed by atoms with Crippen LogP contribution in [0.4, 0.5) is 0 Å². The lowest BCUT2D eigenvalue weighted by molar-refractivity contribution is -0.142. The number of carbonyl (C=O) groups is 2. The molecule has 2 aliphatic rings. The zero-order valence-corrected chi connectivity index (χ0v) is 11.5. The quantitative estimate of drug-likeness (QED) is 0.837. The Bertz CT molecular complexity index is 364. The van der Waals surface area contributed by atoms with Crippen molar-refractivity contribution in [3.8, 4) is 0 Å². The van der Waals surface area contributed by atoms with E-state index in [4.69, 9.17) is 5.11 Å². The van der Waals surface area contributed by atoms with Gasteiger partial charge < -0.3 is 10.0 Å². The van der Waals surface area contributed by atoms with E-state index in [1.165, 1.54) is 6.42 Å². The number of rotatable bonds is 3. The Morgan fingerprint density at radius 3 is 2.50 bits per heavy atom. The minimum atomic E-state index is -0.831. The molecule has 1 saturated carbocycles. The summed E-state index contributed by atoms with van der Waals surface area (Å²) in [6, 6.07) is 0. The highest BCUT2D eigenvalue weighted by Gasteiger charge is 2.66. The summed E-state index contributed by atoms with van der Waals surface area (Å²) in [6.07, 6.45) is 3.34. The topological polar surface area (TPSA) is 57.6 Å². The van der Waals surface area contributed by atoms with Gasteiger partial charge in [-0.25, -0.2) is 0 Å². The molecule has 1 N–H and O–H groups in total. The SMILES string of the molecule is CCC1CCCN(C(=O)[C@@H]2[C@H](C(=O)O)C2(C)C)C1.